The summed E-state index contributed by atoms with van der Waals surface area (Å²) in [6.07, 6.45) is 1.37. The van der Waals surface area contributed by atoms with Gasteiger partial charge in [-0.25, -0.2) is 8.78 Å². The molecule has 0 radical (unpaired) electrons. The molecule has 0 aliphatic rings. The molecule has 3 rings (SSSR count). The Balaban J connectivity index is 2.17. The number of halogens is 2. The van der Waals surface area contributed by atoms with Crippen LogP contribution in [-0.4, -0.2) is 4.98 Å². The molecule has 3 aromatic rings. The predicted molar refractivity (Wildman–Crippen MR) is 72.9 cm³/mol. The lowest BCUT2D eigenvalue weighted by Crippen LogP contribution is -1.93. The molecule has 0 fully saturated rings. The van der Waals surface area contributed by atoms with Crippen molar-refractivity contribution < 1.29 is 13.5 Å². The summed E-state index contributed by atoms with van der Waals surface area (Å²) in [5, 5.41) is 9.75. The van der Waals surface area contributed by atoms with Gasteiger partial charge in [-0.1, -0.05) is 12.1 Å². The Morgan fingerprint density at radius 3 is 2.48 bits per heavy atom. The van der Waals surface area contributed by atoms with E-state index in [-0.39, 0.29) is 17.1 Å². The van der Waals surface area contributed by atoms with Crippen molar-refractivity contribution in [3.63, 3.8) is 0 Å². The number of nitrogens with zero attached hydrogens (tertiary/aromatic N) is 2. The summed E-state index contributed by atoms with van der Waals surface area (Å²) < 4.78 is 32.0. The molecule has 0 aliphatic carbocycles. The van der Waals surface area contributed by atoms with Gasteiger partial charge >= 0.3 is 0 Å². The van der Waals surface area contributed by atoms with E-state index in [0.29, 0.717) is 10.9 Å². The highest BCUT2D eigenvalue weighted by Crippen LogP contribution is 2.32. The zero-order chi connectivity index (χ0) is 14.8. The Kier molecular flexibility index (Phi) is 3.20. The summed E-state index contributed by atoms with van der Waals surface area (Å²) in [6, 6.07) is 11.9. The summed E-state index contributed by atoms with van der Waals surface area (Å²) in [7, 11) is 0. The lowest BCUT2D eigenvalue weighted by molar-refractivity contribution is 0.471. The van der Waals surface area contributed by atoms with Gasteiger partial charge in [-0.15, -0.1) is 0 Å². The number of fused-ring (bicyclic) bond motifs is 1. The van der Waals surface area contributed by atoms with E-state index in [0.717, 1.165) is 18.2 Å². The van der Waals surface area contributed by atoms with Crippen LogP contribution in [0.3, 0.4) is 0 Å². The number of ether oxygens (including phenoxy) is 1. The first-order valence-electron chi connectivity index (χ1n) is 6.09. The van der Waals surface area contributed by atoms with Crippen LogP contribution >= 0.6 is 0 Å². The van der Waals surface area contributed by atoms with Crippen molar-refractivity contribution in [3.8, 4) is 17.6 Å². The molecule has 0 aliphatic heterocycles. The molecule has 2 aromatic carbocycles. The average molecular weight is 282 g/mol. The van der Waals surface area contributed by atoms with Crippen LogP contribution in [0.2, 0.25) is 0 Å². The largest absolute Gasteiger partial charge is 0.455 e. The third-order valence-electron chi connectivity index (χ3n) is 2.90. The minimum atomic E-state index is -0.748. The van der Waals surface area contributed by atoms with Crippen LogP contribution in [0, 0.1) is 23.0 Å². The van der Waals surface area contributed by atoms with E-state index in [4.69, 9.17) is 10.00 Å². The lowest BCUT2D eigenvalue weighted by Gasteiger charge is -2.10. The monoisotopic (exact) mass is 282 g/mol. The molecule has 5 heteroatoms. The first-order chi connectivity index (χ1) is 10.2. The minimum absolute atomic E-state index is 0.0136. The molecule has 102 valence electrons. The Morgan fingerprint density at radius 2 is 1.76 bits per heavy atom. The molecule has 21 heavy (non-hydrogen) atoms. The van der Waals surface area contributed by atoms with Crippen LogP contribution in [0.15, 0.2) is 48.7 Å². The third-order valence-corrected chi connectivity index (χ3v) is 2.90. The minimum Gasteiger partial charge on any atom is -0.455 e. The summed E-state index contributed by atoms with van der Waals surface area (Å²) in [5.41, 5.74) is 0.821. The highest BCUT2D eigenvalue weighted by atomic mass is 19.1. The Morgan fingerprint density at radius 1 is 1.05 bits per heavy atom. The fourth-order valence-corrected chi connectivity index (χ4v) is 2.01. The Hall–Kier alpha value is -3.00. The number of aromatic nitrogens is 1. The fraction of sp³-hybridized carbons (Fsp3) is 0. The number of benzene rings is 2. The fourth-order valence-electron chi connectivity index (χ4n) is 2.01. The standard InChI is InChI=1S/C16H8F2N2O/c17-11-5-12(18)7-13(6-11)21-16-10(8-19)9-20-15-4-2-1-3-14(15)16/h1-7,9H. The van der Waals surface area contributed by atoms with Crippen molar-refractivity contribution in [1.29, 1.82) is 5.26 Å². The summed E-state index contributed by atoms with van der Waals surface area (Å²) in [4.78, 5) is 4.14. The van der Waals surface area contributed by atoms with Gasteiger partial charge in [-0.05, 0) is 12.1 Å². The van der Waals surface area contributed by atoms with E-state index in [1.807, 2.05) is 6.07 Å². The summed E-state index contributed by atoms with van der Waals surface area (Å²) in [6.45, 7) is 0. The molecule has 0 amide bonds. The Labute approximate surface area is 119 Å². The van der Waals surface area contributed by atoms with Gasteiger partial charge in [0.2, 0.25) is 0 Å². The first-order valence-corrected chi connectivity index (χ1v) is 6.09. The third kappa shape index (κ3) is 2.51. The number of hydrogen-bond acceptors (Lipinski definition) is 3. The quantitative estimate of drug-likeness (QED) is 0.708. The van der Waals surface area contributed by atoms with Gasteiger partial charge in [0.1, 0.15) is 29.0 Å². The van der Waals surface area contributed by atoms with Crippen LogP contribution in [0.4, 0.5) is 8.78 Å². The van der Waals surface area contributed by atoms with Gasteiger partial charge in [0.05, 0.1) is 5.52 Å². The SMILES string of the molecule is N#Cc1cnc2ccccc2c1Oc1cc(F)cc(F)c1. The number of hydrogen-bond donors (Lipinski definition) is 0. The van der Waals surface area contributed by atoms with Crippen molar-refractivity contribution in [2.45, 2.75) is 0 Å². The predicted octanol–water partition coefficient (Wildman–Crippen LogP) is 4.18. The smallest absolute Gasteiger partial charge is 0.156 e. The van der Waals surface area contributed by atoms with E-state index in [1.54, 1.807) is 24.3 Å². The molecule has 0 spiro atoms. The van der Waals surface area contributed by atoms with E-state index < -0.39 is 11.6 Å². The molecule has 0 N–H and O–H groups in total. The van der Waals surface area contributed by atoms with Gasteiger partial charge in [0.25, 0.3) is 0 Å². The molecular weight excluding hydrogens is 274 g/mol. The van der Waals surface area contributed by atoms with Gasteiger partial charge in [0.15, 0.2) is 5.75 Å². The summed E-state index contributed by atoms with van der Waals surface area (Å²) in [5.74, 6) is -1.28. The van der Waals surface area contributed by atoms with Crippen LogP contribution in [-0.2, 0) is 0 Å². The van der Waals surface area contributed by atoms with Gasteiger partial charge < -0.3 is 4.74 Å². The Bertz CT molecular complexity index is 852. The molecule has 0 unspecified atom stereocenters. The van der Waals surface area contributed by atoms with Crippen molar-refractivity contribution in [3.05, 3.63) is 65.9 Å². The maximum Gasteiger partial charge on any atom is 0.156 e. The van der Waals surface area contributed by atoms with Crippen molar-refractivity contribution in [1.82, 2.24) is 4.98 Å². The molecule has 0 saturated carbocycles. The molecular formula is C16H8F2N2O. The topological polar surface area (TPSA) is 45.9 Å². The number of nitriles is 1. The van der Waals surface area contributed by atoms with E-state index in [9.17, 15) is 8.78 Å². The molecule has 0 atom stereocenters. The van der Waals surface area contributed by atoms with Crippen molar-refractivity contribution in [2.24, 2.45) is 0 Å². The molecule has 1 heterocycles. The number of rotatable bonds is 2. The molecule has 1 aromatic heterocycles. The zero-order valence-corrected chi connectivity index (χ0v) is 10.7. The van der Waals surface area contributed by atoms with E-state index in [2.05, 4.69) is 4.98 Å². The molecule has 0 saturated heterocycles. The second-order valence-electron chi connectivity index (χ2n) is 4.34. The van der Waals surface area contributed by atoms with Crippen LogP contribution in [0.1, 0.15) is 5.56 Å². The van der Waals surface area contributed by atoms with Crippen LogP contribution < -0.4 is 4.74 Å². The second kappa shape index (κ2) is 5.17. The van der Waals surface area contributed by atoms with Gasteiger partial charge in [0, 0.05) is 29.8 Å². The second-order valence-corrected chi connectivity index (χ2v) is 4.34. The van der Waals surface area contributed by atoms with Crippen LogP contribution in [0.5, 0.6) is 11.5 Å². The maximum absolute atomic E-state index is 13.2. The summed E-state index contributed by atoms with van der Waals surface area (Å²) >= 11 is 0. The highest BCUT2D eigenvalue weighted by Gasteiger charge is 2.12. The van der Waals surface area contributed by atoms with Crippen LogP contribution in [0.25, 0.3) is 10.9 Å². The first kappa shape index (κ1) is 13.0. The lowest BCUT2D eigenvalue weighted by atomic mass is 10.1. The van der Waals surface area contributed by atoms with E-state index >= 15 is 0 Å². The maximum atomic E-state index is 13.2. The molecule has 3 nitrogen and oxygen atoms in total. The van der Waals surface area contributed by atoms with Gasteiger partial charge in [-0.3, -0.25) is 4.98 Å². The number of pyridine rings is 1. The van der Waals surface area contributed by atoms with Gasteiger partial charge in [-0.2, -0.15) is 5.26 Å². The van der Waals surface area contributed by atoms with Crippen molar-refractivity contribution in [2.75, 3.05) is 0 Å². The highest BCUT2D eigenvalue weighted by molar-refractivity contribution is 5.87. The normalized spacial score (nSPS) is 10.3. The van der Waals surface area contributed by atoms with E-state index in [1.165, 1.54) is 6.20 Å². The van der Waals surface area contributed by atoms with Crippen molar-refractivity contribution >= 4 is 10.9 Å². The average Bonchev–Trinajstić information content (AvgIpc) is 2.46. The zero-order valence-electron chi connectivity index (χ0n) is 10.7. The molecule has 0 bridgehead atoms. The number of para-hydroxylation sites is 1.